The number of carboxylic acids is 1. The van der Waals surface area contributed by atoms with Gasteiger partial charge in [0.05, 0.1) is 5.92 Å². The maximum absolute atomic E-state index is 10.9. The Morgan fingerprint density at radius 2 is 1.75 bits per heavy atom. The van der Waals surface area contributed by atoms with E-state index >= 15 is 0 Å². The van der Waals surface area contributed by atoms with Crippen molar-refractivity contribution in [3.05, 3.63) is 64.7 Å². The minimum Gasteiger partial charge on any atom is -0.488 e. The predicted molar refractivity (Wildman–Crippen MR) is 93.1 cm³/mol. The van der Waals surface area contributed by atoms with Crippen molar-refractivity contribution in [3.8, 4) is 5.75 Å². The molecule has 3 rings (SSSR count). The van der Waals surface area contributed by atoms with E-state index in [2.05, 4.69) is 43.0 Å². The minimum absolute atomic E-state index is 0.208. The second-order valence-electron chi connectivity index (χ2n) is 6.56. The van der Waals surface area contributed by atoms with Gasteiger partial charge in [0.1, 0.15) is 12.4 Å². The van der Waals surface area contributed by atoms with Gasteiger partial charge < -0.3 is 9.84 Å². The molecule has 24 heavy (non-hydrogen) atoms. The molecule has 0 atom stereocenters. The molecule has 0 aromatic heterocycles. The summed E-state index contributed by atoms with van der Waals surface area (Å²) in [4.78, 5) is 13.0. The van der Waals surface area contributed by atoms with Crippen LogP contribution in [0.3, 0.4) is 0 Å². The number of carbonyl (C=O) groups is 1. The first-order valence-electron chi connectivity index (χ1n) is 8.25. The quantitative estimate of drug-likeness (QED) is 0.884. The number of likely N-dealkylation sites (tertiary alicyclic amines) is 1. The molecule has 0 spiro atoms. The van der Waals surface area contributed by atoms with Crippen LogP contribution in [0.5, 0.6) is 5.75 Å². The van der Waals surface area contributed by atoms with Crippen LogP contribution in [0.2, 0.25) is 0 Å². The summed E-state index contributed by atoms with van der Waals surface area (Å²) >= 11 is 0. The fourth-order valence-corrected chi connectivity index (χ4v) is 3.20. The maximum atomic E-state index is 10.9. The first kappa shape index (κ1) is 16.5. The molecule has 0 radical (unpaired) electrons. The number of rotatable bonds is 6. The normalized spacial score (nSPS) is 15.1. The largest absolute Gasteiger partial charge is 0.488 e. The van der Waals surface area contributed by atoms with E-state index in [-0.39, 0.29) is 5.92 Å². The standard InChI is InChI=1S/C20H23NO3/c1-14-8-17(10-21-11-18(12-21)20(22)23)9-15(2)19(14)24-13-16-6-4-3-5-7-16/h3-9,18H,10-13H2,1-2H3,(H,22,23). The number of aryl methyl sites for hydroxylation is 2. The first-order valence-corrected chi connectivity index (χ1v) is 8.25. The van der Waals surface area contributed by atoms with Crippen molar-refractivity contribution in [3.63, 3.8) is 0 Å². The summed E-state index contributed by atoms with van der Waals surface area (Å²) in [6.45, 7) is 6.76. The van der Waals surface area contributed by atoms with Crippen molar-refractivity contribution in [2.75, 3.05) is 13.1 Å². The summed E-state index contributed by atoms with van der Waals surface area (Å²) < 4.78 is 6.01. The Morgan fingerprint density at radius 3 is 2.33 bits per heavy atom. The molecule has 2 aromatic carbocycles. The summed E-state index contributed by atoms with van der Waals surface area (Å²) in [6.07, 6.45) is 0. The van der Waals surface area contributed by atoms with Gasteiger partial charge >= 0.3 is 5.97 Å². The molecule has 126 valence electrons. The molecule has 0 saturated carbocycles. The molecule has 0 unspecified atom stereocenters. The second-order valence-corrected chi connectivity index (χ2v) is 6.56. The number of aliphatic carboxylic acids is 1. The molecule has 1 heterocycles. The van der Waals surface area contributed by atoms with Crippen LogP contribution in [0.1, 0.15) is 22.3 Å². The molecule has 1 saturated heterocycles. The van der Waals surface area contributed by atoms with Crippen molar-refractivity contribution in [1.29, 1.82) is 0 Å². The third-order valence-electron chi connectivity index (χ3n) is 4.46. The van der Waals surface area contributed by atoms with Gasteiger partial charge in [-0.2, -0.15) is 0 Å². The van der Waals surface area contributed by atoms with Gasteiger partial charge in [0.2, 0.25) is 0 Å². The van der Waals surface area contributed by atoms with Crippen molar-refractivity contribution < 1.29 is 14.6 Å². The Bertz CT molecular complexity index is 698. The van der Waals surface area contributed by atoms with Crippen LogP contribution in [-0.4, -0.2) is 29.1 Å². The third-order valence-corrected chi connectivity index (χ3v) is 4.46. The Hall–Kier alpha value is -2.33. The van der Waals surface area contributed by atoms with Crippen LogP contribution in [0.25, 0.3) is 0 Å². The molecule has 1 aliphatic heterocycles. The summed E-state index contributed by atoms with van der Waals surface area (Å²) in [5.74, 6) is 0.0403. The van der Waals surface area contributed by atoms with Gasteiger partial charge in [0, 0.05) is 19.6 Å². The van der Waals surface area contributed by atoms with Gasteiger partial charge in [-0.15, -0.1) is 0 Å². The Labute approximate surface area is 142 Å². The fourth-order valence-electron chi connectivity index (χ4n) is 3.20. The number of benzene rings is 2. The first-order chi connectivity index (χ1) is 11.5. The smallest absolute Gasteiger partial charge is 0.309 e. The summed E-state index contributed by atoms with van der Waals surface area (Å²) in [7, 11) is 0. The Kier molecular flexibility index (Phi) is 4.86. The van der Waals surface area contributed by atoms with Gasteiger partial charge in [-0.25, -0.2) is 0 Å². The molecule has 1 aliphatic rings. The van der Waals surface area contributed by atoms with Crippen LogP contribution in [0.4, 0.5) is 0 Å². The van der Waals surface area contributed by atoms with Crippen LogP contribution in [-0.2, 0) is 17.9 Å². The monoisotopic (exact) mass is 325 g/mol. The van der Waals surface area contributed by atoms with E-state index in [1.807, 2.05) is 18.2 Å². The van der Waals surface area contributed by atoms with Crippen molar-refractivity contribution in [2.24, 2.45) is 5.92 Å². The molecular weight excluding hydrogens is 302 g/mol. The van der Waals surface area contributed by atoms with Gasteiger partial charge in [-0.1, -0.05) is 42.5 Å². The zero-order valence-electron chi connectivity index (χ0n) is 14.2. The Balaban J connectivity index is 1.62. The number of carboxylic acid groups (broad SMARTS) is 1. The Morgan fingerprint density at radius 1 is 1.12 bits per heavy atom. The molecular formula is C20H23NO3. The van der Waals surface area contributed by atoms with E-state index in [1.165, 1.54) is 5.56 Å². The van der Waals surface area contributed by atoms with Crippen LogP contribution in [0.15, 0.2) is 42.5 Å². The van der Waals surface area contributed by atoms with E-state index in [4.69, 9.17) is 9.84 Å². The molecule has 0 aliphatic carbocycles. The number of nitrogens with zero attached hydrogens (tertiary/aromatic N) is 1. The van der Waals surface area contributed by atoms with Gasteiger partial charge in [0.25, 0.3) is 0 Å². The van der Waals surface area contributed by atoms with Gasteiger partial charge in [-0.3, -0.25) is 9.69 Å². The van der Waals surface area contributed by atoms with E-state index in [1.54, 1.807) is 0 Å². The predicted octanol–water partition coefficient (Wildman–Crippen LogP) is 3.40. The summed E-state index contributed by atoms with van der Waals surface area (Å²) in [6, 6.07) is 14.4. The SMILES string of the molecule is Cc1cc(CN2CC(C(=O)O)C2)cc(C)c1OCc1ccccc1. The minimum atomic E-state index is -0.691. The van der Waals surface area contributed by atoms with Gasteiger partial charge in [0.15, 0.2) is 0 Å². The van der Waals surface area contributed by atoms with E-state index in [0.29, 0.717) is 19.7 Å². The van der Waals surface area contributed by atoms with Crippen LogP contribution >= 0.6 is 0 Å². The molecule has 0 bridgehead atoms. The van der Waals surface area contributed by atoms with E-state index in [0.717, 1.165) is 29.0 Å². The average molecular weight is 325 g/mol. The number of hydrogen-bond donors (Lipinski definition) is 1. The lowest BCUT2D eigenvalue weighted by Gasteiger charge is -2.36. The molecule has 0 amide bonds. The lowest BCUT2D eigenvalue weighted by Crippen LogP contribution is -2.49. The maximum Gasteiger partial charge on any atom is 0.309 e. The highest BCUT2D eigenvalue weighted by molar-refractivity contribution is 5.71. The van der Waals surface area contributed by atoms with E-state index < -0.39 is 5.97 Å². The van der Waals surface area contributed by atoms with Crippen molar-refractivity contribution >= 4 is 5.97 Å². The topological polar surface area (TPSA) is 49.8 Å². The van der Waals surface area contributed by atoms with Crippen LogP contribution in [0, 0.1) is 19.8 Å². The highest BCUT2D eigenvalue weighted by Gasteiger charge is 2.32. The zero-order chi connectivity index (χ0) is 17.1. The highest BCUT2D eigenvalue weighted by Crippen LogP contribution is 2.27. The zero-order valence-corrected chi connectivity index (χ0v) is 14.2. The summed E-state index contributed by atoms with van der Waals surface area (Å²) in [5, 5.41) is 8.95. The van der Waals surface area contributed by atoms with E-state index in [9.17, 15) is 4.79 Å². The van der Waals surface area contributed by atoms with Crippen LogP contribution < -0.4 is 4.74 Å². The lowest BCUT2D eigenvalue weighted by molar-refractivity contribution is -0.147. The fraction of sp³-hybridized carbons (Fsp3) is 0.350. The van der Waals surface area contributed by atoms with Crippen molar-refractivity contribution in [1.82, 2.24) is 4.90 Å². The molecule has 2 aromatic rings. The second kappa shape index (κ2) is 7.05. The third kappa shape index (κ3) is 3.77. The lowest BCUT2D eigenvalue weighted by atomic mass is 9.98. The average Bonchev–Trinajstić information content (AvgIpc) is 2.50. The number of hydrogen-bond acceptors (Lipinski definition) is 3. The molecule has 4 heteroatoms. The summed E-state index contributed by atoms with van der Waals surface area (Å²) in [5.41, 5.74) is 4.61. The van der Waals surface area contributed by atoms with Gasteiger partial charge in [-0.05, 0) is 36.1 Å². The molecule has 1 N–H and O–H groups in total. The number of ether oxygens (including phenoxy) is 1. The molecule has 1 fully saturated rings. The van der Waals surface area contributed by atoms with Crippen molar-refractivity contribution in [2.45, 2.75) is 27.0 Å². The highest BCUT2D eigenvalue weighted by atomic mass is 16.5. The molecule has 4 nitrogen and oxygen atoms in total.